The maximum Gasteiger partial charge on any atom is 0.307 e. The highest BCUT2D eigenvalue weighted by molar-refractivity contribution is 6.31. The van der Waals surface area contributed by atoms with Gasteiger partial charge in [0.05, 0.1) is 27.8 Å². The number of nitrogens with one attached hydrogen (secondary N) is 1. The van der Waals surface area contributed by atoms with Crippen LogP contribution < -0.4 is 14.8 Å². The lowest BCUT2D eigenvalue weighted by molar-refractivity contribution is -0.141. The molecule has 112 valence electrons. The van der Waals surface area contributed by atoms with Crippen LogP contribution in [0.5, 0.6) is 11.5 Å². The molecule has 1 aromatic carbocycles. The summed E-state index contributed by atoms with van der Waals surface area (Å²) in [5.74, 6) is 0.960. The van der Waals surface area contributed by atoms with Crippen LogP contribution in [-0.2, 0) is 16.1 Å². The van der Waals surface area contributed by atoms with Crippen molar-refractivity contribution in [1.82, 2.24) is 5.32 Å². The van der Waals surface area contributed by atoms with Gasteiger partial charge in [-0.25, -0.2) is 0 Å². The van der Waals surface area contributed by atoms with Crippen LogP contribution in [0.1, 0.15) is 18.9 Å². The molecule has 1 rings (SSSR count). The van der Waals surface area contributed by atoms with Crippen LogP contribution in [0.2, 0.25) is 5.02 Å². The minimum atomic E-state index is -0.247. The smallest absolute Gasteiger partial charge is 0.307 e. The van der Waals surface area contributed by atoms with Gasteiger partial charge in [-0.15, -0.1) is 0 Å². The Morgan fingerprint density at radius 1 is 1.25 bits per heavy atom. The number of ether oxygens (including phenoxy) is 3. The molecule has 1 aromatic rings. The molecule has 0 aliphatic heterocycles. The van der Waals surface area contributed by atoms with Gasteiger partial charge < -0.3 is 19.5 Å². The van der Waals surface area contributed by atoms with E-state index in [-0.39, 0.29) is 12.0 Å². The van der Waals surface area contributed by atoms with E-state index in [1.54, 1.807) is 20.3 Å². The molecule has 0 amide bonds. The zero-order valence-electron chi connectivity index (χ0n) is 12.2. The maximum absolute atomic E-state index is 11.2. The zero-order valence-corrected chi connectivity index (χ0v) is 12.9. The first kappa shape index (κ1) is 16.6. The van der Waals surface area contributed by atoms with E-state index < -0.39 is 0 Å². The highest BCUT2D eigenvalue weighted by Crippen LogP contribution is 2.33. The minimum absolute atomic E-state index is 0.00777. The fraction of sp³-hybridized carbons (Fsp3) is 0.500. The number of benzene rings is 1. The van der Waals surface area contributed by atoms with E-state index in [1.165, 1.54) is 7.11 Å². The highest BCUT2D eigenvalue weighted by Gasteiger charge is 2.12. The number of rotatable bonds is 7. The molecule has 1 atom stereocenters. The van der Waals surface area contributed by atoms with E-state index in [9.17, 15) is 4.79 Å². The maximum atomic E-state index is 11.2. The Morgan fingerprint density at radius 2 is 1.85 bits per heavy atom. The average Bonchev–Trinajstić information content (AvgIpc) is 2.45. The van der Waals surface area contributed by atoms with Gasteiger partial charge in [0, 0.05) is 23.7 Å². The summed E-state index contributed by atoms with van der Waals surface area (Å²) >= 11 is 6.19. The van der Waals surface area contributed by atoms with Gasteiger partial charge in [0.15, 0.2) is 11.5 Å². The van der Waals surface area contributed by atoms with Gasteiger partial charge in [-0.1, -0.05) is 11.6 Å². The van der Waals surface area contributed by atoms with E-state index in [1.807, 2.05) is 13.0 Å². The van der Waals surface area contributed by atoms with Gasteiger partial charge in [0.2, 0.25) is 0 Å². The Morgan fingerprint density at radius 3 is 2.40 bits per heavy atom. The van der Waals surface area contributed by atoms with Crippen LogP contribution in [0.4, 0.5) is 0 Å². The molecule has 0 spiro atoms. The molecule has 0 fully saturated rings. The average molecular weight is 302 g/mol. The van der Waals surface area contributed by atoms with Gasteiger partial charge in [-0.2, -0.15) is 0 Å². The quantitative estimate of drug-likeness (QED) is 0.784. The molecule has 5 nitrogen and oxygen atoms in total. The summed E-state index contributed by atoms with van der Waals surface area (Å²) in [4.78, 5) is 11.2. The fourth-order valence-corrected chi connectivity index (χ4v) is 1.94. The summed E-state index contributed by atoms with van der Waals surface area (Å²) in [5, 5.41) is 3.80. The number of carbonyl (C=O) groups is 1. The largest absolute Gasteiger partial charge is 0.493 e. The van der Waals surface area contributed by atoms with Crippen molar-refractivity contribution < 1.29 is 19.0 Å². The van der Waals surface area contributed by atoms with Crippen molar-refractivity contribution in [1.29, 1.82) is 0 Å². The Bertz CT molecular complexity index is 465. The number of halogens is 1. The molecule has 6 heteroatoms. The van der Waals surface area contributed by atoms with Crippen molar-refractivity contribution in [2.45, 2.75) is 25.9 Å². The lowest BCUT2D eigenvalue weighted by Gasteiger charge is -2.15. The van der Waals surface area contributed by atoms with Crippen LogP contribution in [0, 0.1) is 0 Å². The second kappa shape index (κ2) is 7.97. The summed E-state index contributed by atoms with van der Waals surface area (Å²) in [6, 6.07) is 3.52. The van der Waals surface area contributed by atoms with Crippen LogP contribution in [0.15, 0.2) is 12.1 Å². The van der Waals surface area contributed by atoms with Crippen molar-refractivity contribution >= 4 is 17.6 Å². The molecule has 1 N–H and O–H groups in total. The molecule has 0 aromatic heterocycles. The second-order valence-electron chi connectivity index (χ2n) is 4.36. The summed E-state index contributed by atoms with van der Waals surface area (Å²) in [5.41, 5.74) is 0.876. The molecule has 0 saturated carbocycles. The van der Waals surface area contributed by atoms with Crippen LogP contribution in [0.3, 0.4) is 0 Å². The molecule has 1 unspecified atom stereocenters. The molecule has 0 heterocycles. The Hall–Kier alpha value is -1.46. The third-order valence-electron chi connectivity index (χ3n) is 2.89. The molecule has 0 saturated heterocycles. The summed E-state index contributed by atoms with van der Waals surface area (Å²) < 4.78 is 15.0. The van der Waals surface area contributed by atoms with Crippen molar-refractivity contribution in [3.8, 4) is 11.5 Å². The number of hydrogen-bond acceptors (Lipinski definition) is 5. The van der Waals surface area contributed by atoms with Gasteiger partial charge in [-0.3, -0.25) is 4.79 Å². The molecule has 0 bridgehead atoms. The van der Waals surface area contributed by atoms with E-state index in [4.69, 9.17) is 21.1 Å². The zero-order chi connectivity index (χ0) is 15.1. The predicted octanol–water partition coefficient (Wildman–Crippen LogP) is 2.40. The van der Waals surface area contributed by atoms with Crippen molar-refractivity contribution in [3.05, 3.63) is 22.7 Å². The topological polar surface area (TPSA) is 56.8 Å². The normalized spacial score (nSPS) is 11.8. The summed E-state index contributed by atoms with van der Waals surface area (Å²) in [6.45, 7) is 2.43. The first-order valence-corrected chi connectivity index (χ1v) is 6.60. The third-order valence-corrected chi connectivity index (χ3v) is 3.25. The first-order valence-electron chi connectivity index (χ1n) is 6.22. The molecular formula is C14H20ClNO4. The van der Waals surface area contributed by atoms with Crippen molar-refractivity contribution in [3.63, 3.8) is 0 Å². The van der Waals surface area contributed by atoms with E-state index in [0.717, 1.165) is 5.56 Å². The van der Waals surface area contributed by atoms with Crippen molar-refractivity contribution in [2.24, 2.45) is 0 Å². The molecular weight excluding hydrogens is 282 g/mol. The number of carbonyl (C=O) groups excluding carboxylic acids is 1. The van der Waals surface area contributed by atoms with Crippen LogP contribution >= 0.6 is 11.6 Å². The Balaban J connectivity index is 2.70. The van der Waals surface area contributed by atoms with E-state index in [0.29, 0.717) is 29.5 Å². The molecule has 0 aliphatic rings. The van der Waals surface area contributed by atoms with Crippen LogP contribution in [0.25, 0.3) is 0 Å². The van der Waals surface area contributed by atoms with E-state index >= 15 is 0 Å². The molecule has 0 aliphatic carbocycles. The lowest BCUT2D eigenvalue weighted by atomic mass is 10.1. The lowest BCUT2D eigenvalue weighted by Crippen LogP contribution is -2.28. The Labute approximate surface area is 124 Å². The summed E-state index contributed by atoms with van der Waals surface area (Å²) in [6.07, 6.45) is 0.307. The first-order chi connectivity index (χ1) is 9.51. The fourth-order valence-electron chi connectivity index (χ4n) is 1.72. The Kier molecular flexibility index (Phi) is 6.61. The third kappa shape index (κ3) is 4.58. The standard InChI is InChI=1S/C14H20ClNO4/c1-9(5-14(17)20-4)16-8-10-6-12(18-2)13(19-3)7-11(10)15/h6-7,9,16H,5,8H2,1-4H3. The number of esters is 1. The molecule has 0 radical (unpaired) electrons. The monoisotopic (exact) mass is 301 g/mol. The summed E-state index contributed by atoms with van der Waals surface area (Å²) in [7, 11) is 4.51. The number of methoxy groups -OCH3 is 3. The van der Waals surface area contributed by atoms with Gasteiger partial charge >= 0.3 is 5.97 Å². The van der Waals surface area contributed by atoms with Crippen LogP contribution in [-0.4, -0.2) is 33.3 Å². The van der Waals surface area contributed by atoms with E-state index in [2.05, 4.69) is 10.1 Å². The SMILES string of the molecule is COC(=O)CC(C)NCc1cc(OC)c(OC)cc1Cl. The predicted molar refractivity (Wildman–Crippen MR) is 77.5 cm³/mol. The second-order valence-corrected chi connectivity index (χ2v) is 4.77. The number of hydrogen-bond donors (Lipinski definition) is 1. The van der Waals surface area contributed by atoms with Gasteiger partial charge in [0.1, 0.15) is 0 Å². The van der Waals surface area contributed by atoms with Gasteiger partial charge in [0.25, 0.3) is 0 Å². The highest BCUT2D eigenvalue weighted by atomic mass is 35.5. The van der Waals surface area contributed by atoms with Crippen molar-refractivity contribution in [2.75, 3.05) is 21.3 Å². The molecule has 20 heavy (non-hydrogen) atoms. The van der Waals surface area contributed by atoms with Gasteiger partial charge in [-0.05, 0) is 18.6 Å². The minimum Gasteiger partial charge on any atom is -0.493 e.